The van der Waals surface area contributed by atoms with E-state index in [2.05, 4.69) is 10.6 Å². The fourth-order valence-corrected chi connectivity index (χ4v) is 4.91. The highest BCUT2D eigenvalue weighted by Gasteiger charge is 2.27. The van der Waals surface area contributed by atoms with Crippen molar-refractivity contribution in [3.05, 3.63) is 42.5 Å². The summed E-state index contributed by atoms with van der Waals surface area (Å²) < 4.78 is 32.4. The van der Waals surface area contributed by atoms with Crippen LogP contribution in [0.15, 0.2) is 47.4 Å². The highest BCUT2D eigenvalue weighted by molar-refractivity contribution is 7.89. The Hall–Kier alpha value is -3.11. The van der Waals surface area contributed by atoms with Gasteiger partial charge in [0.2, 0.25) is 21.8 Å². The van der Waals surface area contributed by atoms with Gasteiger partial charge in [-0.15, -0.1) is 0 Å². The van der Waals surface area contributed by atoms with Crippen LogP contribution in [0.4, 0.5) is 17.1 Å². The number of methoxy groups -OCH3 is 1. The monoisotopic (exact) mass is 446 g/mol. The summed E-state index contributed by atoms with van der Waals surface area (Å²) in [6, 6.07) is 11.5. The standard InChI is InChI=1S/C21H26N4O5S/c1-4-24(5-2)31(28,29)15-10-11-19(30-3)17(12-15)22-13-21(27)25-14-20(26)23-16-8-6-7-9-18(16)25/h6-12,22H,4-5,13-14H2,1-3H3,(H,23,26). The Bertz CT molecular complexity index is 1080. The Morgan fingerprint density at radius 3 is 2.58 bits per heavy atom. The third kappa shape index (κ3) is 4.64. The molecule has 0 saturated carbocycles. The van der Waals surface area contributed by atoms with Gasteiger partial charge in [-0.25, -0.2) is 8.42 Å². The van der Waals surface area contributed by atoms with Gasteiger partial charge in [0.15, 0.2) is 0 Å². The van der Waals surface area contributed by atoms with Crippen molar-refractivity contribution < 1.29 is 22.7 Å². The molecule has 0 bridgehead atoms. The maximum Gasteiger partial charge on any atom is 0.246 e. The highest BCUT2D eigenvalue weighted by atomic mass is 32.2. The summed E-state index contributed by atoms with van der Waals surface area (Å²) in [4.78, 5) is 26.4. The number of benzene rings is 2. The minimum Gasteiger partial charge on any atom is -0.495 e. The Kier molecular flexibility index (Phi) is 6.81. The molecule has 1 heterocycles. The molecular formula is C21H26N4O5S. The largest absolute Gasteiger partial charge is 0.495 e. The van der Waals surface area contributed by atoms with E-state index in [9.17, 15) is 18.0 Å². The molecule has 0 atom stereocenters. The number of carbonyl (C=O) groups is 2. The number of nitrogens with one attached hydrogen (secondary N) is 2. The number of amides is 2. The maximum atomic E-state index is 12.9. The Balaban J connectivity index is 1.83. The van der Waals surface area contributed by atoms with Crippen molar-refractivity contribution >= 4 is 38.9 Å². The van der Waals surface area contributed by atoms with Crippen molar-refractivity contribution in [2.75, 3.05) is 48.8 Å². The predicted molar refractivity (Wildman–Crippen MR) is 119 cm³/mol. The van der Waals surface area contributed by atoms with Crippen LogP contribution in [0.1, 0.15) is 13.8 Å². The number of hydrogen-bond acceptors (Lipinski definition) is 6. The third-order valence-corrected chi connectivity index (χ3v) is 7.06. The van der Waals surface area contributed by atoms with Crippen molar-refractivity contribution in [2.45, 2.75) is 18.7 Å². The normalized spacial score (nSPS) is 13.5. The zero-order valence-electron chi connectivity index (χ0n) is 17.7. The molecule has 2 N–H and O–H groups in total. The van der Waals surface area contributed by atoms with Gasteiger partial charge in [0.05, 0.1) is 35.6 Å². The first-order chi connectivity index (χ1) is 14.8. The number of para-hydroxylation sites is 2. The average Bonchev–Trinajstić information content (AvgIpc) is 2.77. The summed E-state index contributed by atoms with van der Waals surface area (Å²) in [6.07, 6.45) is 0. The lowest BCUT2D eigenvalue weighted by molar-refractivity contribution is -0.120. The maximum absolute atomic E-state index is 12.9. The van der Waals surface area contributed by atoms with Gasteiger partial charge >= 0.3 is 0 Å². The number of ether oxygens (including phenoxy) is 1. The molecule has 31 heavy (non-hydrogen) atoms. The molecule has 10 heteroatoms. The van der Waals surface area contributed by atoms with E-state index in [1.807, 2.05) is 0 Å². The van der Waals surface area contributed by atoms with E-state index in [4.69, 9.17) is 4.74 Å². The molecule has 2 amide bonds. The summed E-state index contributed by atoms with van der Waals surface area (Å²) in [5.41, 5.74) is 1.55. The van der Waals surface area contributed by atoms with E-state index in [-0.39, 0.29) is 29.8 Å². The molecule has 0 saturated heterocycles. The minimum atomic E-state index is -3.67. The van der Waals surface area contributed by atoms with Gasteiger partial charge in [0, 0.05) is 13.1 Å². The van der Waals surface area contributed by atoms with Crippen LogP contribution in [0.25, 0.3) is 0 Å². The summed E-state index contributed by atoms with van der Waals surface area (Å²) in [5, 5.41) is 5.70. The lowest BCUT2D eigenvalue weighted by atomic mass is 10.2. The molecule has 2 aromatic rings. The minimum absolute atomic E-state index is 0.0922. The van der Waals surface area contributed by atoms with Crippen molar-refractivity contribution in [2.24, 2.45) is 0 Å². The SMILES string of the molecule is CCN(CC)S(=O)(=O)c1ccc(OC)c(NCC(=O)N2CC(=O)Nc3ccccc32)c1. The van der Waals surface area contributed by atoms with Crippen molar-refractivity contribution in [3.63, 3.8) is 0 Å². The van der Waals surface area contributed by atoms with Gasteiger partial charge < -0.3 is 15.4 Å². The van der Waals surface area contributed by atoms with Crippen LogP contribution < -0.4 is 20.3 Å². The van der Waals surface area contributed by atoms with Crippen LogP contribution in [0.3, 0.4) is 0 Å². The zero-order valence-corrected chi connectivity index (χ0v) is 18.5. The molecule has 0 unspecified atom stereocenters. The topological polar surface area (TPSA) is 108 Å². The summed E-state index contributed by atoms with van der Waals surface area (Å²) in [5.74, 6) is -0.207. The van der Waals surface area contributed by atoms with E-state index in [0.717, 1.165) is 0 Å². The third-order valence-electron chi connectivity index (χ3n) is 5.02. The number of hydrogen-bond donors (Lipinski definition) is 2. The van der Waals surface area contributed by atoms with Crippen molar-refractivity contribution in [1.29, 1.82) is 0 Å². The zero-order chi connectivity index (χ0) is 22.6. The molecule has 0 fully saturated rings. The molecule has 2 aromatic carbocycles. The van der Waals surface area contributed by atoms with E-state index in [0.29, 0.717) is 35.9 Å². The fourth-order valence-electron chi connectivity index (χ4n) is 3.42. The molecule has 9 nitrogen and oxygen atoms in total. The summed E-state index contributed by atoms with van der Waals surface area (Å²) in [7, 11) is -2.20. The quantitative estimate of drug-likeness (QED) is 0.643. The first-order valence-corrected chi connectivity index (χ1v) is 11.4. The molecule has 0 spiro atoms. The van der Waals surface area contributed by atoms with Crippen molar-refractivity contribution in [3.8, 4) is 5.75 Å². The fraction of sp³-hybridized carbons (Fsp3) is 0.333. The number of rotatable bonds is 8. The Morgan fingerprint density at radius 1 is 1.19 bits per heavy atom. The van der Waals surface area contributed by atoms with Gasteiger partial charge in [-0.05, 0) is 30.3 Å². The molecule has 1 aliphatic heterocycles. The second-order valence-corrected chi connectivity index (χ2v) is 8.79. The number of carbonyl (C=O) groups excluding carboxylic acids is 2. The molecule has 0 aromatic heterocycles. The van der Waals surface area contributed by atoms with Crippen molar-refractivity contribution in [1.82, 2.24) is 4.31 Å². The molecule has 0 radical (unpaired) electrons. The van der Waals surface area contributed by atoms with E-state index < -0.39 is 10.0 Å². The Labute approximate surface area is 182 Å². The van der Waals surface area contributed by atoms with Gasteiger partial charge in [-0.2, -0.15) is 4.31 Å². The van der Waals surface area contributed by atoms with Gasteiger partial charge in [0.1, 0.15) is 12.3 Å². The average molecular weight is 447 g/mol. The lowest BCUT2D eigenvalue weighted by Gasteiger charge is -2.29. The van der Waals surface area contributed by atoms with E-state index >= 15 is 0 Å². The smallest absolute Gasteiger partial charge is 0.246 e. The van der Waals surface area contributed by atoms with Gasteiger partial charge in [-0.1, -0.05) is 26.0 Å². The first-order valence-electron chi connectivity index (χ1n) is 9.93. The van der Waals surface area contributed by atoms with Gasteiger partial charge in [-0.3, -0.25) is 14.5 Å². The highest BCUT2D eigenvalue weighted by Crippen LogP contribution is 2.31. The van der Waals surface area contributed by atoms with Crippen LogP contribution in [-0.2, 0) is 19.6 Å². The second kappa shape index (κ2) is 9.36. The number of sulfonamides is 1. The van der Waals surface area contributed by atoms with Crippen LogP contribution in [-0.4, -0.2) is 57.8 Å². The molecule has 3 rings (SSSR count). The number of nitrogens with zero attached hydrogens (tertiary/aromatic N) is 2. The predicted octanol–water partition coefficient (Wildman–Crippen LogP) is 2.12. The summed E-state index contributed by atoms with van der Waals surface area (Å²) in [6.45, 7) is 4.01. The van der Waals surface area contributed by atoms with Crippen LogP contribution in [0.5, 0.6) is 5.75 Å². The van der Waals surface area contributed by atoms with E-state index in [1.54, 1.807) is 44.2 Å². The van der Waals surface area contributed by atoms with Crippen LogP contribution in [0, 0.1) is 0 Å². The number of fused-ring (bicyclic) bond motifs is 1. The lowest BCUT2D eigenvalue weighted by Crippen LogP contribution is -2.44. The molecule has 0 aliphatic carbocycles. The van der Waals surface area contributed by atoms with Crippen LogP contribution in [0.2, 0.25) is 0 Å². The van der Waals surface area contributed by atoms with Gasteiger partial charge in [0.25, 0.3) is 0 Å². The molecule has 166 valence electrons. The summed E-state index contributed by atoms with van der Waals surface area (Å²) >= 11 is 0. The van der Waals surface area contributed by atoms with E-state index in [1.165, 1.54) is 28.4 Å². The number of anilines is 3. The molecule has 1 aliphatic rings. The Morgan fingerprint density at radius 2 is 1.90 bits per heavy atom. The molecular weight excluding hydrogens is 420 g/mol. The first kappa shape index (κ1) is 22.6. The van der Waals surface area contributed by atoms with Crippen LogP contribution >= 0.6 is 0 Å². The second-order valence-electron chi connectivity index (χ2n) is 6.85.